The van der Waals surface area contributed by atoms with Crippen LogP contribution in [0.15, 0.2) is 12.7 Å². The van der Waals surface area contributed by atoms with E-state index in [-0.39, 0.29) is 23.9 Å². The largest absolute Gasteiger partial charge is 0.305 e. The van der Waals surface area contributed by atoms with Crippen molar-refractivity contribution in [3.8, 4) is 0 Å². The number of rotatable bonds is 7. The van der Waals surface area contributed by atoms with Crippen molar-refractivity contribution in [2.24, 2.45) is 0 Å². The lowest BCUT2D eigenvalue weighted by Crippen LogP contribution is -2.44. The zero-order valence-electron chi connectivity index (χ0n) is 12.7. The summed E-state index contributed by atoms with van der Waals surface area (Å²) in [5.74, 6) is 1.88. The van der Waals surface area contributed by atoms with Gasteiger partial charge >= 0.3 is 0 Å². The summed E-state index contributed by atoms with van der Waals surface area (Å²) >= 11 is 1.78. The fourth-order valence-corrected chi connectivity index (χ4v) is 3.78. The second-order valence-corrected chi connectivity index (χ2v) is 6.97. The molecular weight excluding hydrogens is 284 g/mol. The van der Waals surface area contributed by atoms with Crippen LogP contribution < -0.4 is 5.32 Å². The van der Waals surface area contributed by atoms with E-state index in [1.54, 1.807) is 16.7 Å². The number of imide groups is 1. The number of likely N-dealkylation sites (tertiary alicyclic amines) is 1. The minimum atomic E-state index is -0.301. The molecule has 1 saturated heterocycles. The number of hydrogen-bond donors (Lipinski definition) is 1. The van der Waals surface area contributed by atoms with Crippen LogP contribution in [0.25, 0.3) is 0 Å². The molecule has 1 N–H and O–H groups in total. The maximum absolute atomic E-state index is 12.5. The van der Waals surface area contributed by atoms with E-state index in [1.807, 2.05) is 6.08 Å². The molecule has 2 fully saturated rings. The van der Waals surface area contributed by atoms with Crippen molar-refractivity contribution >= 4 is 23.6 Å². The third-order valence-corrected chi connectivity index (χ3v) is 5.21. The molecule has 2 aliphatic rings. The quantitative estimate of drug-likeness (QED) is 0.339. The zero-order valence-corrected chi connectivity index (χ0v) is 13.5. The molecule has 0 spiro atoms. The summed E-state index contributed by atoms with van der Waals surface area (Å²) < 4.78 is 0. The SMILES string of the molecule is C=CCSCCNC1CC(=O)N(C2CCCCCC2)C1=O. The molecule has 0 aromatic carbocycles. The van der Waals surface area contributed by atoms with Crippen molar-refractivity contribution in [3.05, 3.63) is 12.7 Å². The van der Waals surface area contributed by atoms with Gasteiger partial charge in [-0.15, -0.1) is 6.58 Å². The number of nitrogens with zero attached hydrogens (tertiary/aromatic N) is 1. The number of hydrogen-bond acceptors (Lipinski definition) is 4. The number of carbonyl (C=O) groups is 2. The van der Waals surface area contributed by atoms with Gasteiger partial charge in [-0.05, 0) is 12.8 Å². The van der Waals surface area contributed by atoms with Crippen LogP contribution in [0, 0.1) is 0 Å². The van der Waals surface area contributed by atoms with E-state index < -0.39 is 0 Å². The first kappa shape index (κ1) is 16.6. The summed E-state index contributed by atoms with van der Waals surface area (Å²) in [6.07, 6.45) is 8.92. The van der Waals surface area contributed by atoms with E-state index in [2.05, 4.69) is 11.9 Å². The summed E-state index contributed by atoms with van der Waals surface area (Å²) in [6, 6.07) is -0.153. The topological polar surface area (TPSA) is 49.4 Å². The Morgan fingerprint density at radius 3 is 2.62 bits per heavy atom. The van der Waals surface area contributed by atoms with Crippen molar-refractivity contribution in [1.82, 2.24) is 10.2 Å². The van der Waals surface area contributed by atoms with E-state index in [0.717, 1.165) is 43.7 Å². The number of carbonyl (C=O) groups excluding carboxylic acids is 2. The van der Waals surface area contributed by atoms with Crippen molar-refractivity contribution in [3.63, 3.8) is 0 Å². The van der Waals surface area contributed by atoms with Crippen LogP contribution in [0.5, 0.6) is 0 Å². The van der Waals surface area contributed by atoms with Crippen LogP contribution in [-0.4, -0.2) is 46.8 Å². The van der Waals surface area contributed by atoms with Gasteiger partial charge < -0.3 is 5.32 Å². The van der Waals surface area contributed by atoms with Gasteiger partial charge in [0, 0.05) is 24.1 Å². The molecule has 2 amide bonds. The van der Waals surface area contributed by atoms with E-state index in [9.17, 15) is 9.59 Å². The van der Waals surface area contributed by atoms with Gasteiger partial charge in [-0.1, -0.05) is 31.8 Å². The molecule has 1 atom stereocenters. The lowest BCUT2D eigenvalue weighted by molar-refractivity contribution is -0.141. The molecule has 0 aromatic heterocycles. The predicted octanol–water partition coefficient (Wildman–Crippen LogP) is 2.35. The first-order valence-electron chi connectivity index (χ1n) is 8.02. The Hall–Kier alpha value is -0.810. The zero-order chi connectivity index (χ0) is 15.1. The third-order valence-electron chi connectivity index (χ3n) is 4.25. The molecule has 118 valence electrons. The second-order valence-electron chi connectivity index (χ2n) is 5.82. The maximum atomic E-state index is 12.5. The van der Waals surface area contributed by atoms with Gasteiger partial charge in [0.2, 0.25) is 11.8 Å². The molecule has 1 heterocycles. The number of thioether (sulfide) groups is 1. The van der Waals surface area contributed by atoms with Gasteiger partial charge in [0.1, 0.15) is 0 Å². The predicted molar refractivity (Wildman–Crippen MR) is 87.3 cm³/mol. The normalized spacial score (nSPS) is 24.4. The van der Waals surface area contributed by atoms with E-state index in [1.165, 1.54) is 12.8 Å². The lowest BCUT2D eigenvalue weighted by Gasteiger charge is -2.25. The smallest absolute Gasteiger partial charge is 0.247 e. The molecule has 0 bridgehead atoms. The Kier molecular flexibility index (Phi) is 6.77. The van der Waals surface area contributed by atoms with Crippen LogP contribution in [-0.2, 0) is 9.59 Å². The highest BCUT2D eigenvalue weighted by atomic mass is 32.2. The molecule has 4 nitrogen and oxygen atoms in total. The lowest BCUT2D eigenvalue weighted by atomic mass is 10.1. The minimum Gasteiger partial charge on any atom is -0.305 e. The molecule has 1 aliphatic heterocycles. The molecule has 5 heteroatoms. The van der Waals surface area contributed by atoms with Crippen LogP contribution in [0.1, 0.15) is 44.9 Å². The van der Waals surface area contributed by atoms with Gasteiger partial charge in [0.15, 0.2) is 0 Å². The summed E-state index contributed by atoms with van der Waals surface area (Å²) in [6.45, 7) is 4.44. The van der Waals surface area contributed by atoms with Gasteiger partial charge in [-0.25, -0.2) is 0 Å². The second kappa shape index (κ2) is 8.59. The molecule has 2 rings (SSSR count). The van der Waals surface area contributed by atoms with Gasteiger partial charge in [-0.2, -0.15) is 11.8 Å². The molecular formula is C16H26N2O2S. The van der Waals surface area contributed by atoms with Crippen LogP contribution >= 0.6 is 11.8 Å². The highest BCUT2D eigenvalue weighted by Crippen LogP contribution is 2.26. The monoisotopic (exact) mass is 310 g/mol. The van der Waals surface area contributed by atoms with Gasteiger partial charge in [-0.3, -0.25) is 14.5 Å². The Morgan fingerprint density at radius 2 is 1.95 bits per heavy atom. The van der Waals surface area contributed by atoms with Gasteiger partial charge in [0.25, 0.3) is 0 Å². The maximum Gasteiger partial charge on any atom is 0.247 e. The summed E-state index contributed by atoms with van der Waals surface area (Å²) in [5, 5.41) is 3.24. The number of nitrogens with one attached hydrogen (secondary N) is 1. The third kappa shape index (κ3) is 4.58. The molecule has 1 aliphatic carbocycles. The van der Waals surface area contributed by atoms with Gasteiger partial charge in [0.05, 0.1) is 12.5 Å². The van der Waals surface area contributed by atoms with E-state index in [4.69, 9.17) is 0 Å². The van der Waals surface area contributed by atoms with E-state index >= 15 is 0 Å². The van der Waals surface area contributed by atoms with Crippen LogP contribution in [0.3, 0.4) is 0 Å². The van der Waals surface area contributed by atoms with Crippen LogP contribution in [0.4, 0.5) is 0 Å². The Bertz CT molecular complexity index is 378. The highest BCUT2D eigenvalue weighted by molar-refractivity contribution is 7.99. The number of amides is 2. The fraction of sp³-hybridized carbons (Fsp3) is 0.750. The average molecular weight is 310 g/mol. The minimum absolute atomic E-state index is 0.000575. The fourth-order valence-electron chi connectivity index (χ4n) is 3.18. The molecule has 1 saturated carbocycles. The van der Waals surface area contributed by atoms with Crippen molar-refractivity contribution in [1.29, 1.82) is 0 Å². The molecule has 21 heavy (non-hydrogen) atoms. The summed E-state index contributed by atoms with van der Waals surface area (Å²) in [7, 11) is 0. The van der Waals surface area contributed by atoms with Crippen molar-refractivity contribution in [2.75, 3.05) is 18.1 Å². The summed E-state index contributed by atoms with van der Waals surface area (Å²) in [5.41, 5.74) is 0. The molecule has 1 unspecified atom stereocenters. The molecule has 0 radical (unpaired) electrons. The Balaban J connectivity index is 1.82. The van der Waals surface area contributed by atoms with Crippen LogP contribution in [0.2, 0.25) is 0 Å². The standard InChI is InChI=1S/C16H26N2O2S/c1-2-10-21-11-9-17-14-12-15(19)18(16(14)20)13-7-5-3-4-6-8-13/h2,13-14,17H,1,3-12H2. The first-order valence-corrected chi connectivity index (χ1v) is 9.17. The average Bonchev–Trinajstić information content (AvgIpc) is 2.67. The highest BCUT2D eigenvalue weighted by Gasteiger charge is 2.41. The van der Waals surface area contributed by atoms with Crippen molar-refractivity contribution < 1.29 is 9.59 Å². The Labute approximate surface area is 131 Å². The Morgan fingerprint density at radius 1 is 1.24 bits per heavy atom. The molecule has 0 aromatic rings. The first-order chi connectivity index (χ1) is 10.2. The summed E-state index contributed by atoms with van der Waals surface area (Å²) in [4.78, 5) is 26.2. The van der Waals surface area contributed by atoms with Crippen molar-refractivity contribution in [2.45, 2.75) is 57.0 Å². The van der Waals surface area contributed by atoms with E-state index in [0.29, 0.717) is 6.42 Å².